The van der Waals surface area contributed by atoms with Crippen molar-refractivity contribution in [1.29, 1.82) is 0 Å². The van der Waals surface area contributed by atoms with Crippen molar-refractivity contribution in [2.45, 2.75) is 6.54 Å². The van der Waals surface area contributed by atoms with Crippen molar-refractivity contribution in [2.75, 3.05) is 36.8 Å². The summed E-state index contributed by atoms with van der Waals surface area (Å²) in [5.74, 6) is 0.604. The van der Waals surface area contributed by atoms with E-state index in [0.29, 0.717) is 34.1 Å². The molecule has 0 unspecified atom stereocenters. The Balaban J connectivity index is 1.43. The summed E-state index contributed by atoms with van der Waals surface area (Å²) >= 11 is 5.99. The Morgan fingerprint density at radius 2 is 1.72 bits per heavy atom. The second kappa shape index (κ2) is 8.37. The first-order valence-corrected chi connectivity index (χ1v) is 10.8. The monoisotopic (exact) mass is 451 g/mol. The van der Waals surface area contributed by atoms with Crippen molar-refractivity contribution >= 4 is 34.4 Å². The molecule has 0 saturated carbocycles. The average Bonchev–Trinajstić information content (AvgIpc) is 3.09. The van der Waals surface area contributed by atoms with E-state index in [4.69, 9.17) is 22.3 Å². The molecule has 7 nitrogen and oxygen atoms in total. The van der Waals surface area contributed by atoms with Gasteiger partial charge in [0.25, 0.3) is 0 Å². The Labute approximate surface area is 190 Å². The molecule has 1 aliphatic heterocycles. The highest BCUT2D eigenvalue weighted by Gasteiger charge is 2.24. The van der Waals surface area contributed by atoms with E-state index in [1.54, 1.807) is 29.9 Å². The standard InChI is InChI=1S/C23H23ClFN7/c1-30-21(26)19-20(17-4-2-3-5-18(17)25)27-23(28-22(19)29-30)32-12-10-31(11-13-32)14-15-6-8-16(24)9-7-15/h2-9H,10-14,26H2,1H3. The van der Waals surface area contributed by atoms with Crippen LogP contribution in [0.3, 0.4) is 0 Å². The number of halogens is 2. The number of fused-ring (bicyclic) bond motifs is 1. The Hall–Kier alpha value is -3.23. The number of nitrogens with two attached hydrogens (primary N) is 1. The third kappa shape index (κ3) is 3.87. The van der Waals surface area contributed by atoms with Gasteiger partial charge in [0.2, 0.25) is 5.95 Å². The van der Waals surface area contributed by atoms with Crippen molar-refractivity contribution in [1.82, 2.24) is 24.6 Å². The van der Waals surface area contributed by atoms with E-state index in [9.17, 15) is 4.39 Å². The van der Waals surface area contributed by atoms with Gasteiger partial charge in [0.1, 0.15) is 11.6 Å². The highest BCUT2D eigenvalue weighted by Crippen LogP contribution is 2.33. The Kier molecular flexibility index (Phi) is 5.40. The summed E-state index contributed by atoms with van der Waals surface area (Å²) in [6.07, 6.45) is 0. The van der Waals surface area contributed by atoms with Crippen molar-refractivity contribution in [3.05, 3.63) is 64.9 Å². The normalized spacial score (nSPS) is 14.9. The third-order valence-corrected chi connectivity index (χ3v) is 6.08. The smallest absolute Gasteiger partial charge is 0.228 e. The molecular weight excluding hydrogens is 429 g/mol. The van der Waals surface area contributed by atoms with Crippen molar-refractivity contribution in [3.8, 4) is 11.3 Å². The maximum atomic E-state index is 14.6. The molecule has 2 aromatic carbocycles. The first kappa shape index (κ1) is 20.7. The zero-order valence-corrected chi connectivity index (χ0v) is 18.4. The third-order valence-electron chi connectivity index (χ3n) is 5.83. The van der Waals surface area contributed by atoms with Crippen molar-refractivity contribution < 1.29 is 4.39 Å². The van der Waals surface area contributed by atoms with Crippen LogP contribution in [0.5, 0.6) is 0 Å². The topological polar surface area (TPSA) is 76.1 Å². The molecule has 32 heavy (non-hydrogen) atoms. The number of aromatic nitrogens is 4. The SMILES string of the molecule is Cn1nc2nc(N3CCN(Cc4ccc(Cl)cc4)CC3)nc(-c3ccccc3F)c2c1N. The van der Waals surface area contributed by atoms with Crippen LogP contribution < -0.4 is 10.6 Å². The fourth-order valence-electron chi connectivity index (χ4n) is 4.05. The molecule has 1 fully saturated rings. The number of nitrogens with zero attached hydrogens (tertiary/aromatic N) is 6. The van der Waals surface area contributed by atoms with Gasteiger partial charge in [0.05, 0.1) is 11.1 Å². The van der Waals surface area contributed by atoms with E-state index in [1.807, 2.05) is 12.1 Å². The fourth-order valence-corrected chi connectivity index (χ4v) is 4.17. The molecule has 0 aliphatic carbocycles. The van der Waals surface area contributed by atoms with Crippen LogP contribution in [0.4, 0.5) is 16.2 Å². The van der Waals surface area contributed by atoms with Gasteiger partial charge in [-0.3, -0.25) is 9.58 Å². The van der Waals surface area contributed by atoms with Crippen LogP contribution >= 0.6 is 11.6 Å². The summed E-state index contributed by atoms with van der Waals surface area (Å²) in [7, 11) is 1.75. The Morgan fingerprint density at radius 1 is 1.00 bits per heavy atom. The summed E-state index contributed by atoms with van der Waals surface area (Å²) in [4.78, 5) is 13.9. The maximum Gasteiger partial charge on any atom is 0.228 e. The molecule has 9 heteroatoms. The van der Waals surface area contributed by atoms with Gasteiger partial charge in [-0.25, -0.2) is 9.37 Å². The van der Waals surface area contributed by atoms with E-state index < -0.39 is 0 Å². The zero-order chi connectivity index (χ0) is 22.2. The predicted octanol–water partition coefficient (Wildman–Crippen LogP) is 3.73. The summed E-state index contributed by atoms with van der Waals surface area (Å²) < 4.78 is 16.2. The number of hydrogen-bond acceptors (Lipinski definition) is 6. The molecule has 2 aromatic heterocycles. The van der Waals surface area contributed by atoms with Crippen LogP contribution in [0.25, 0.3) is 22.3 Å². The van der Waals surface area contributed by atoms with Gasteiger partial charge in [-0.2, -0.15) is 10.1 Å². The minimum absolute atomic E-state index is 0.352. The number of piperazine rings is 1. The lowest BCUT2D eigenvalue weighted by molar-refractivity contribution is 0.249. The molecule has 3 heterocycles. The number of rotatable bonds is 4. The van der Waals surface area contributed by atoms with Crippen LogP contribution in [0.15, 0.2) is 48.5 Å². The van der Waals surface area contributed by atoms with E-state index >= 15 is 0 Å². The van der Waals surface area contributed by atoms with Crippen LogP contribution in [0.2, 0.25) is 5.02 Å². The van der Waals surface area contributed by atoms with Crippen molar-refractivity contribution in [2.24, 2.45) is 7.05 Å². The first-order chi connectivity index (χ1) is 15.5. The van der Waals surface area contributed by atoms with E-state index in [-0.39, 0.29) is 5.82 Å². The summed E-state index contributed by atoms with van der Waals surface area (Å²) in [5.41, 5.74) is 8.78. The molecule has 1 aliphatic rings. The molecule has 4 aromatic rings. The zero-order valence-electron chi connectivity index (χ0n) is 17.7. The van der Waals surface area contributed by atoms with Gasteiger partial charge in [-0.15, -0.1) is 0 Å². The van der Waals surface area contributed by atoms with Crippen LogP contribution in [-0.4, -0.2) is 50.8 Å². The largest absolute Gasteiger partial charge is 0.383 e. The van der Waals surface area contributed by atoms with Gasteiger partial charge < -0.3 is 10.6 Å². The first-order valence-electron chi connectivity index (χ1n) is 10.5. The molecule has 1 saturated heterocycles. The highest BCUT2D eigenvalue weighted by molar-refractivity contribution is 6.30. The van der Waals surface area contributed by atoms with E-state index in [0.717, 1.165) is 37.7 Å². The molecule has 0 amide bonds. The van der Waals surface area contributed by atoms with E-state index in [2.05, 4.69) is 32.0 Å². The predicted molar refractivity (Wildman–Crippen MR) is 125 cm³/mol. The highest BCUT2D eigenvalue weighted by atomic mass is 35.5. The number of anilines is 2. The summed E-state index contributed by atoms with van der Waals surface area (Å²) in [6, 6.07) is 14.5. The Bertz CT molecular complexity index is 1260. The second-order valence-electron chi connectivity index (χ2n) is 7.95. The van der Waals surface area contributed by atoms with Gasteiger partial charge >= 0.3 is 0 Å². The lowest BCUT2D eigenvalue weighted by atomic mass is 10.1. The van der Waals surface area contributed by atoms with Crippen molar-refractivity contribution in [3.63, 3.8) is 0 Å². The molecule has 2 N–H and O–H groups in total. The fraction of sp³-hybridized carbons (Fsp3) is 0.261. The second-order valence-corrected chi connectivity index (χ2v) is 8.39. The lowest BCUT2D eigenvalue weighted by Gasteiger charge is -2.34. The maximum absolute atomic E-state index is 14.6. The van der Waals surface area contributed by atoms with E-state index in [1.165, 1.54) is 11.6 Å². The number of hydrogen-bond donors (Lipinski definition) is 1. The minimum atomic E-state index is -0.352. The van der Waals surface area contributed by atoms with Crippen LogP contribution in [0, 0.1) is 5.82 Å². The molecular formula is C23H23ClFN7. The van der Waals surface area contributed by atoms with Crippen LogP contribution in [-0.2, 0) is 13.6 Å². The quantitative estimate of drug-likeness (QED) is 0.509. The summed E-state index contributed by atoms with van der Waals surface area (Å²) in [6.45, 7) is 4.12. The molecule has 0 atom stereocenters. The van der Waals surface area contributed by atoms with Crippen LogP contribution in [0.1, 0.15) is 5.56 Å². The van der Waals surface area contributed by atoms with Gasteiger partial charge in [-0.05, 0) is 29.8 Å². The van der Waals surface area contributed by atoms with Gasteiger partial charge in [0, 0.05) is 50.4 Å². The molecule has 0 spiro atoms. The number of aryl methyl sites for hydroxylation is 1. The molecule has 0 radical (unpaired) electrons. The molecule has 5 rings (SSSR count). The Morgan fingerprint density at radius 3 is 2.44 bits per heavy atom. The number of benzene rings is 2. The number of nitrogen functional groups attached to an aromatic ring is 1. The van der Waals surface area contributed by atoms with Gasteiger partial charge in [0.15, 0.2) is 5.65 Å². The van der Waals surface area contributed by atoms with Gasteiger partial charge in [-0.1, -0.05) is 35.9 Å². The minimum Gasteiger partial charge on any atom is -0.383 e. The lowest BCUT2D eigenvalue weighted by Crippen LogP contribution is -2.46. The average molecular weight is 452 g/mol. The molecule has 0 bridgehead atoms. The molecule has 164 valence electrons. The summed E-state index contributed by atoms with van der Waals surface area (Å²) in [5, 5.41) is 5.75.